The van der Waals surface area contributed by atoms with Gasteiger partial charge in [-0.05, 0) is 63.4 Å². The van der Waals surface area contributed by atoms with Crippen LogP contribution in [0.15, 0.2) is 30.0 Å². The van der Waals surface area contributed by atoms with Crippen LogP contribution >= 0.6 is 0 Å². The van der Waals surface area contributed by atoms with E-state index in [2.05, 4.69) is 44.4 Å². The second kappa shape index (κ2) is 8.29. The van der Waals surface area contributed by atoms with Crippen molar-refractivity contribution >= 4 is 11.9 Å². The summed E-state index contributed by atoms with van der Waals surface area (Å²) in [6, 6.07) is 0.464. The highest BCUT2D eigenvalue weighted by Crippen LogP contribution is 2.49. The van der Waals surface area contributed by atoms with Crippen LogP contribution in [0.1, 0.15) is 51.6 Å². The number of hydrogen-bond acceptors (Lipinski definition) is 9. The van der Waals surface area contributed by atoms with Crippen LogP contribution in [0.3, 0.4) is 0 Å². The Morgan fingerprint density at radius 3 is 2.61 bits per heavy atom. The molecule has 0 radical (unpaired) electrons. The van der Waals surface area contributed by atoms with Crippen LogP contribution in [-0.2, 0) is 20.9 Å². The smallest absolute Gasteiger partial charge is 0.336 e. The molecular formula is C22H28N8O3. The third-order valence-electron chi connectivity index (χ3n) is 7.39. The third-order valence-corrected chi connectivity index (χ3v) is 7.39. The van der Waals surface area contributed by atoms with Crippen molar-refractivity contribution in [2.45, 2.75) is 64.6 Å². The Hall–Kier alpha value is -3.21. The second-order valence-corrected chi connectivity index (χ2v) is 9.42. The maximum absolute atomic E-state index is 13.5. The van der Waals surface area contributed by atoms with Gasteiger partial charge in [-0.3, -0.25) is 14.7 Å². The maximum Gasteiger partial charge on any atom is 0.336 e. The number of rotatable bonds is 5. The molecule has 5 rings (SSSR count). The maximum atomic E-state index is 13.5. The molecule has 1 amide bonds. The highest BCUT2D eigenvalue weighted by molar-refractivity contribution is 5.94. The van der Waals surface area contributed by atoms with Crippen LogP contribution < -0.4 is 0 Å². The lowest BCUT2D eigenvalue weighted by Gasteiger charge is -2.39. The minimum Gasteiger partial charge on any atom is -0.456 e. The van der Waals surface area contributed by atoms with Crippen molar-refractivity contribution in [3.63, 3.8) is 0 Å². The van der Waals surface area contributed by atoms with Gasteiger partial charge in [-0.15, -0.1) is 5.10 Å². The minimum atomic E-state index is -0.330. The first-order valence-corrected chi connectivity index (χ1v) is 11.3. The molecule has 3 aliphatic rings. The largest absolute Gasteiger partial charge is 0.456 e. The van der Waals surface area contributed by atoms with Gasteiger partial charge in [0.2, 0.25) is 5.91 Å². The van der Waals surface area contributed by atoms with E-state index in [0.29, 0.717) is 24.0 Å². The van der Waals surface area contributed by atoms with E-state index < -0.39 is 0 Å². The van der Waals surface area contributed by atoms with Gasteiger partial charge >= 0.3 is 5.97 Å². The average molecular weight is 453 g/mol. The van der Waals surface area contributed by atoms with E-state index in [0.717, 1.165) is 43.5 Å². The van der Waals surface area contributed by atoms with Gasteiger partial charge in [0.25, 0.3) is 0 Å². The number of carbonyl (C=O) groups is 2. The number of ether oxygens (including phenoxy) is 1. The summed E-state index contributed by atoms with van der Waals surface area (Å²) in [4.78, 5) is 38.4. The van der Waals surface area contributed by atoms with Crippen molar-refractivity contribution in [3.8, 4) is 5.82 Å². The topological polar surface area (TPSA) is 119 Å². The second-order valence-electron chi connectivity index (χ2n) is 9.42. The zero-order chi connectivity index (χ0) is 23.2. The summed E-state index contributed by atoms with van der Waals surface area (Å²) in [5, 5.41) is 11.0. The van der Waals surface area contributed by atoms with E-state index in [4.69, 9.17) is 4.74 Å². The van der Waals surface area contributed by atoms with Crippen LogP contribution in [-0.4, -0.2) is 77.6 Å². The van der Waals surface area contributed by atoms with Gasteiger partial charge in [-0.1, -0.05) is 0 Å². The summed E-state index contributed by atoms with van der Waals surface area (Å²) >= 11 is 0. The van der Waals surface area contributed by atoms with Crippen LogP contribution in [0, 0.1) is 5.41 Å². The van der Waals surface area contributed by atoms with Crippen LogP contribution in [0.2, 0.25) is 0 Å². The minimum absolute atomic E-state index is 0.0835. The van der Waals surface area contributed by atoms with Gasteiger partial charge in [-0.25, -0.2) is 9.78 Å². The molecule has 0 aromatic carbocycles. The Morgan fingerprint density at radius 2 is 2.00 bits per heavy atom. The van der Waals surface area contributed by atoms with Crippen molar-refractivity contribution < 1.29 is 14.3 Å². The van der Waals surface area contributed by atoms with Gasteiger partial charge in [-0.2, -0.15) is 4.68 Å². The Labute approximate surface area is 191 Å². The Balaban J connectivity index is 1.21. The molecule has 0 bridgehead atoms. The van der Waals surface area contributed by atoms with Crippen molar-refractivity contribution in [2.24, 2.45) is 5.41 Å². The first kappa shape index (κ1) is 21.6. The lowest BCUT2D eigenvalue weighted by atomic mass is 9.70. The van der Waals surface area contributed by atoms with E-state index in [1.807, 2.05) is 4.90 Å². The zero-order valence-corrected chi connectivity index (χ0v) is 19.1. The van der Waals surface area contributed by atoms with Gasteiger partial charge in [0.05, 0.1) is 34.8 Å². The molecule has 2 aromatic rings. The molecule has 2 aliphatic heterocycles. The van der Waals surface area contributed by atoms with E-state index in [1.165, 1.54) is 11.0 Å². The summed E-state index contributed by atoms with van der Waals surface area (Å²) in [6.45, 7) is 4.71. The first-order chi connectivity index (χ1) is 15.9. The van der Waals surface area contributed by atoms with Gasteiger partial charge in [0.1, 0.15) is 12.9 Å². The zero-order valence-electron chi connectivity index (χ0n) is 19.1. The number of aromatic nitrogens is 6. The highest BCUT2D eigenvalue weighted by atomic mass is 16.5. The molecule has 1 saturated carbocycles. The quantitative estimate of drug-likeness (QED) is 0.618. The van der Waals surface area contributed by atoms with Crippen molar-refractivity contribution in [1.82, 2.24) is 40.0 Å². The number of amides is 1. The molecule has 4 heterocycles. The first-order valence-electron chi connectivity index (χ1n) is 11.3. The predicted molar refractivity (Wildman–Crippen MR) is 115 cm³/mol. The molecule has 11 heteroatoms. The molecule has 33 heavy (non-hydrogen) atoms. The number of tetrazole rings is 1. The average Bonchev–Trinajstić information content (AvgIpc) is 3.51. The number of likely N-dealkylation sites (tertiary alicyclic amines) is 1. The summed E-state index contributed by atoms with van der Waals surface area (Å²) < 4.78 is 6.63. The van der Waals surface area contributed by atoms with Crippen LogP contribution in [0.4, 0.5) is 0 Å². The Bertz CT molecular complexity index is 1070. The summed E-state index contributed by atoms with van der Waals surface area (Å²) in [6.07, 6.45) is 9.33. The predicted octanol–water partition coefficient (Wildman–Crippen LogP) is 1.26. The van der Waals surface area contributed by atoms with Crippen molar-refractivity contribution in [1.29, 1.82) is 0 Å². The van der Waals surface area contributed by atoms with Gasteiger partial charge in [0.15, 0.2) is 5.82 Å². The normalized spacial score (nSPS) is 27.8. The molecule has 11 nitrogen and oxygen atoms in total. The third kappa shape index (κ3) is 3.79. The summed E-state index contributed by atoms with van der Waals surface area (Å²) in [5.41, 5.74) is 1.85. The number of hydrogen-bond donors (Lipinski definition) is 0. The fourth-order valence-electron chi connectivity index (χ4n) is 5.52. The fraction of sp³-hybridized carbons (Fsp3) is 0.591. The molecule has 2 fully saturated rings. The van der Waals surface area contributed by atoms with E-state index in [9.17, 15) is 9.59 Å². The molecule has 174 valence electrons. The molecule has 2 aromatic heterocycles. The standard InChI is InChI=1S/C22H28N8O3/c1-14-8-22(21(32)30(14)18-12-33-20(31)15(18)2)6-4-17(5-7-22)28(3)11-16-9-24-19(10-23-16)29-13-25-26-27-29/h9-10,13-14,17H,4-8,11-12H2,1-3H3. The number of carbonyl (C=O) groups excluding carboxylic acids is 2. The molecule has 1 aliphatic carbocycles. The number of cyclic esters (lactones) is 1. The van der Waals surface area contributed by atoms with Crippen molar-refractivity contribution in [3.05, 3.63) is 35.7 Å². The van der Waals surface area contributed by atoms with Crippen LogP contribution in [0.25, 0.3) is 5.82 Å². The fourth-order valence-corrected chi connectivity index (χ4v) is 5.52. The monoisotopic (exact) mass is 452 g/mol. The van der Waals surface area contributed by atoms with Crippen molar-refractivity contribution in [2.75, 3.05) is 13.7 Å². The number of nitrogens with zero attached hydrogens (tertiary/aromatic N) is 8. The van der Waals surface area contributed by atoms with Gasteiger partial charge < -0.3 is 9.64 Å². The summed E-state index contributed by atoms with van der Waals surface area (Å²) in [5.74, 6) is 0.419. The lowest BCUT2D eigenvalue weighted by molar-refractivity contribution is -0.139. The SMILES string of the molecule is CC1=C(N2C(=O)C3(CCC(N(C)Cc4cnc(-n5cnnn5)cn4)CC3)CC2C)COC1=O. The van der Waals surface area contributed by atoms with Gasteiger partial charge in [0, 0.05) is 18.6 Å². The molecule has 1 unspecified atom stereocenters. The van der Waals surface area contributed by atoms with E-state index in [1.54, 1.807) is 19.3 Å². The molecule has 0 N–H and O–H groups in total. The molecule has 1 atom stereocenters. The highest BCUT2D eigenvalue weighted by Gasteiger charge is 2.53. The summed E-state index contributed by atoms with van der Waals surface area (Å²) in [7, 11) is 2.10. The van der Waals surface area contributed by atoms with E-state index in [-0.39, 0.29) is 29.9 Å². The lowest BCUT2D eigenvalue weighted by Crippen LogP contribution is -2.42. The molecular weight excluding hydrogens is 424 g/mol. The molecule has 1 spiro atoms. The Morgan fingerprint density at radius 1 is 1.21 bits per heavy atom. The van der Waals surface area contributed by atoms with Crippen LogP contribution in [0.5, 0.6) is 0 Å². The molecule has 1 saturated heterocycles. The van der Waals surface area contributed by atoms with E-state index >= 15 is 0 Å². The number of esters is 1. The Kier molecular flexibility index (Phi) is 5.43.